The van der Waals surface area contributed by atoms with Crippen molar-refractivity contribution in [2.75, 3.05) is 25.0 Å². The lowest BCUT2D eigenvalue weighted by atomic mass is 10.1. The molecule has 19 heavy (non-hydrogen) atoms. The van der Waals surface area contributed by atoms with E-state index in [-0.39, 0.29) is 0 Å². The van der Waals surface area contributed by atoms with Crippen LogP contribution in [-0.4, -0.2) is 35.6 Å². The van der Waals surface area contributed by atoms with Gasteiger partial charge in [0, 0.05) is 28.3 Å². The van der Waals surface area contributed by atoms with Gasteiger partial charge in [0.25, 0.3) is 0 Å². The van der Waals surface area contributed by atoms with Gasteiger partial charge in [0.05, 0.1) is 0 Å². The minimum atomic E-state index is 0.342. The van der Waals surface area contributed by atoms with Crippen LogP contribution in [0.15, 0.2) is 22.7 Å². The molecule has 0 spiro atoms. The third-order valence-electron chi connectivity index (χ3n) is 3.08. The third kappa shape index (κ3) is 5.09. The van der Waals surface area contributed by atoms with Gasteiger partial charge in [-0.05, 0) is 38.2 Å². The molecule has 1 atom stereocenters. The third-order valence-corrected chi connectivity index (χ3v) is 3.79. The maximum Gasteiger partial charge on any atom is 0.106 e. The molecular formula is C14H22BrN3S. The summed E-state index contributed by atoms with van der Waals surface area (Å²) in [6, 6.07) is 6.30. The molecule has 0 radical (unpaired) electrons. The van der Waals surface area contributed by atoms with E-state index in [4.69, 9.17) is 18.0 Å². The molecule has 0 aliphatic rings. The average Bonchev–Trinajstić information content (AvgIpc) is 2.37. The number of nitrogens with one attached hydrogen (secondary N) is 1. The Bertz CT molecular complexity index is 433. The Balaban J connectivity index is 2.78. The first kappa shape index (κ1) is 16.4. The van der Waals surface area contributed by atoms with Crippen LogP contribution in [0.5, 0.6) is 0 Å². The molecule has 5 heteroatoms. The largest absolute Gasteiger partial charge is 0.389 e. The van der Waals surface area contributed by atoms with Gasteiger partial charge in [-0.1, -0.05) is 42.0 Å². The minimum Gasteiger partial charge on any atom is -0.389 e. The summed E-state index contributed by atoms with van der Waals surface area (Å²) in [6.07, 6.45) is 0. The zero-order valence-corrected chi connectivity index (χ0v) is 14.1. The van der Waals surface area contributed by atoms with Crippen molar-refractivity contribution in [3.05, 3.63) is 28.2 Å². The fourth-order valence-electron chi connectivity index (χ4n) is 2.03. The van der Waals surface area contributed by atoms with Gasteiger partial charge in [-0.15, -0.1) is 0 Å². The molecule has 0 fully saturated rings. The van der Waals surface area contributed by atoms with Crippen molar-refractivity contribution in [3.8, 4) is 0 Å². The molecule has 0 aliphatic heterocycles. The average molecular weight is 344 g/mol. The Morgan fingerprint density at radius 1 is 1.42 bits per heavy atom. The Labute approximate surface area is 129 Å². The summed E-state index contributed by atoms with van der Waals surface area (Å²) in [4.78, 5) is 2.80. The molecule has 106 valence electrons. The fraction of sp³-hybridized carbons (Fsp3) is 0.500. The first-order chi connectivity index (χ1) is 8.97. The van der Waals surface area contributed by atoms with E-state index in [0.717, 1.165) is 35.4 Å². The standard InChI is InChI=1S/C14H22BrN3S/c1-4-18(5-2)9-10(3)17-13-7-6-11(15)8-12(13)14(16)19/h6-8,10,17H,4-5,9H2,1-3H3,(H2,16,19). The zero-order chi connectivity index (χ0) is 14.4. The van der Waals surface area contributed by atoms with E-state index in [1.54, 1.807) is 0 Å². The summed E-state index contributed by atoms with van der Waals surface area (Å²) in [5, 5.41) is 3.49. The second-order valence-electron chi connectivity index (χ2n) is 4.59. The van der Waals surface area contributed by atoms with Crippen molar-refractivity contribution in [3.63, 3.8) is 0 Å². The van der Waals surface area contributed by atoms with Crippen LogP contribution in [0.2, 0.25) is 0 Å². The minimum absolute atomic E-state index is 0.342. The van der Waals surface area contributed by atoms with Crippen LogP contribution < -0.4 is 11.1 Å². The SMILES string of the molecule is CCN(CC)CC(C)Nc1ccc(Br)cc1C(N)=S. The van der Waals surface area contributed by atoms with Crippen molar-refractivity contribution >= 4 is 38.8 Å². The summed E-state index contributed by atoms with van der Waals surface area (Å²) in [6.45, 7) is 9.64. The highest BCUT2D eigenvalue weighted by Gasteiger charge is 2.11. The normalized spacial score (nSPS) is 12.5. The number of benzene rings is 1. The molecule has 3 N–H and O–H groups in total. The highest BCUT2D eigenvalue weighted by Crippen LogP contribution is 2.21. The van der Waals surface area contributed by atoms with Gasteiger partial charge in [0.1, 0.15) is 4.99 Å². The van der Waals surface area contributed by atoms with Crippen LogP contribution in [0, 0.1) is 0 Å². The summed E-state index contributed by atoms with van der Waals surface area (Å²) in [5.74, 6) is 0. The van der Waals surface area contributed by atoms with Crippen molar-refractivity contribution < 1.29 is 0 Å². The number of hydrogen-bond donors (Lipinski definition) is 2. The van der Waals surface area contributed by atoms with Crippen molar-refractivity contribution in [1.29, 1.82) is 0 Å². The lowest BCUT2D eigenvalue weighted by Gasteiger charge is -2.25. The monoisotopic (exact) mass is 343 g/mol. The van der Waals surface area contributed by atoms with Crippen molar-refractivity contribution in [1.82, 2.24) is 4.90 Å². The summed E-state index contributed by atoms with van der Waals surface area (Å²) in [5.41, 5.74) is 7.65. The van der Waals surface area contributed by atoms with E-state index >= 15 is 0 Å². The van der Waals surface area contributed by atoms with Crippen LogP contribution in [0.1, 0.15) is 26.3 Å². The maximum atomic E-state index is 5.77. The zero-order valence-electron chi connectivity index (χ0n) is 11.7. The molecule has 0 bridgehead atoms. The Morgan fingerprint density at radius 2 is 2.05 bits per heavy atom. The van der Waals surface area contributed by atoms with Gasteiger partial charge in [-0.25, -0.2) is 0 Å². The summed E-state index contributed by atoms with van der Waals surface area (Å²) in [7, 11) is 0. The van der Waals surface area contributed by atoms with Crippen molar-refractivity contribution in [2.24, 2.45) is 5.73 Å². The topological polar surface area (TPSA) is 41.3 Å². The number of rotatable bonds is 7. The number of nitrogens with two attached hydrogens (primary N) is 1. The van der Waals surface area contributed by atoms with E-state index in [0.29, 0.717) is 11.0 Å². The lowest BCUT2D eigenvalue weighted by molar-refractivity contribution is 0.295. The molecule has 0 heterocycles. The van der Waals surface area contributed by atoms with Gasteiger partial charge < -0.3 is 16.0 Å². The molecule has 1 rings (SSSR count). The van der Waals surface area contributed by atoms with Crippen LogP contribution in [-0.2, 0) is 0 Å². The molecule has 1 unspecified atom stereocenters. The van der Waals surface area contributed by atoms with E-state index in [1.165, 1.54) is 0 Å². The van der Waals surface area contributed by atoms with Crippen LogP contribution in [0.3, 0.4) is 0 Å². The fourth-order valence-corrected chi connectivity index (χ4v) is 2.56. The molecule has 0 amide bonds. The lowest BCUT2D eigenvalue weighted by Crippen LogP contribution is -2.35. The molecule has 0 aliphatic carbocycles. The Kier molecular flexibility index (Phi) is 6.75. The quantitative estimate of drug-likeness (QED) is 0.746. The summed E-state index contributed by atoms with van der Waals surface area (Å²) < 4.78 is 0.984. The molecule has 1 aromatic rings. The number of anilines is 1. The second kappa shape index (κ2) is 7.82. The van der Waals surface area contributed by atoms with E-state index in [9.17, 15) is 0 Å². The number of likely N-dealkylation sites (N-methyl/N-ethyl adjacent to an activating group) is 1. The van der Waals surface area contributed by atoms with E-state index in [2.05, 4.69) is 46.9 Å². The Morgan fingerprint density at radius 3 is 2.58 bits per heavy atom. The predicted molar refractivity (Wildman–Crippen MR) is 90.9 cm³/mol. The van der Waals surface area contributed by atoms with Crippen molar-refractivity contribution in [2.45, 2.75) is 26.8 Å². The van der Waals surface area contributed by atoms with Gasteiger partial charge in [-0.2, -0.15) is 0 Å². The maximum absolute atomic E-state index is 5.77. The van der Waals surface area contributed by atoms with E-state index < -0.39 is 0 Å². The highest BCUT2D eigenvalue weighted by atomic mass is 79.9. The van der Waals surface area contributed by atoms with Gasteiger partial charge >= 0.3 is 0 Å². The highest BCUT2D eigenvalue weighted by molar-refractivity contribution is 9.10. The van der Waals surface area contributed by atoms with Crippen LogP contribution in [0.4, 0.5) is 5.69 Å². The van der Waals surface area contributed by atoms with Gasteiger partial charge in [0.15, 0.2) is 0 Å². The number of nitrogens with zero attached hydrogens (tertiary/aromatic N) is 1. The molecule has 1 aromatic carbocycles. The van der Waals surface area contributed by atoms with Crippen LogP contribution in [0.25, 0.3) is 0 Å². The first-order valence-electron chi connectivity index (χ1n) is 6.56. The molecular weight excluding hydrogens is 322 g/mol. The second-order valence-corrected chi connectivity index (χ2v) is 5.94. The number of hydrogen-bond acceptors (Lipinski definition) is 3. The van der Waals surface area contributed by atoms with E-state index in [1.807, 2.05) is 18.2 Å². The predicted octanol–water partition coefficient (Wildman–Crippen LogP) is 3.23. The summed E-state index contributed by atoms with van der Waals surface area (Å²) >= 11 is 8.54. The van der Waals surface area contributed by atoms with Gasteiger partial charge in [-0.3, -0.25) is 0 Å². The first-order valence-corrected chi connectivity index (χ1v) is 7.76. The molecule has 3 nitrogen and oxygen atoms in total. The molecule has 0 saturated carbocycles. The molecule has 0 aromatic heterocycles. The number of thiocarbonyl (C=S) groups is 1. The number of halogens is 1. The van der Waals surface area contributed by atoms with Crippen LogP contribution >= 0.6 is 28.1 Å². The van der Waals surface area contributed by atoms with Gasteiger partial charge in [0.2, 0.25) is 0 Å². The Hall–Kier alpha value is -0.650. The molecule has 0 saturated heterocycles. The smallest absolute Gasteiger partial charge is 0.106 e.